The second-order valence-corrected chi connectivity index (χ2v) is 5.62. The number of halogens is 1. The first-order valence-electron chi connectivity index (χ1n) is 7.19. The largest absolute Gasteiger partial charge is 0.389 e. The predicted molar refractivity (Wildman–Crippen MR) is 85.8 cm³/mol. The molecule has 1 aliphatic heterocycles. The van der Waals surface area contributed by atoms with Crippen molar-refractivity contribution in [3.05, 3.63) is 29.6 Å². The lowest BCUT2D eigenvalue weighted by molar-refractivity contribution is -0.131. The van der Waals surface area contributed by atoms with Crippen LogP contribution in [-0.4, -0.2) is 35.4 Å². The molecule has 0 saturated carbocycles. The van der Waals surface area contributed by atoms with E-state index in [0.29, 0.717) is 24.2 Å². The van der Waals surface area contributed by atoms with Crippen molar-refractivity contribution in [1.29, 1.82) is 0 Å². The van der Waals surface area contributed by atoms with Gasteiger partial charge in [-0.15, -0.1) is 0 Å². The summed E-state index contributed by atoms with van der Waals surface area (Å²) in [5.74, 6) is -0.284. The van der Waals surface area contributed by atoms with Crippen LogP contribution in [0.5, 0.6) is 0 Å². The molecule has 1 saturated heterocycles. The van der Waals surface area contributed by atoms with Gasteiger partial charge in [0.05, 0.1) is 5.69 Å². The van der Waals surface area contributed by atoms with Crippen LogP contribution in [0.2, 0.25) is 0 Å². The highest BCUT2D eigenvalue weighted by molar-refractivity contribution is 7.80. The van der Waals surface area contributed by atoms with Gasteiger partial charge in [-0.2, -0.15) is 0 Å². The standard InChI is InChI=1S/C15H20FN3OS/c16-12-10-11(15(17)21)4-5-13(12)18-7-6-14(20)19-8-2-1-3-9-19/h4-5,10,18H,1-3,6-9H2,(H2,17,21). The molecule has 114 valence electrons. The maximum Gasteiger partial charge on any atom is 0.224 e. The molecule has 0 radical (unpaired) electrons. The summed E-state index contributed by atoms with van der Waals surface area (Å²) in [7, 11) is 0. The maximum absolute atomic E-state index is 13.8. The molecule has 2 rings (SSSR count). The Bertz CT molecular complexity index is 530. The molecular formula is C15H20FN3OS. The van der Waals surface area contributed by atoms with Gasteiger partial charge in [0, 0.05) is 31.6 Å². The van der Waals surface area contributed by atoms with Crippen LogP contribution in [0.4, 0.5) is 10.1 Å². The zero-order valence-corrected chi connectivity index (χ0v) is 12.7. The number of amides is 1. The van der Waals surface area contributed by atoms with E-state index in [9.17, 15) is 9.18 Å². The van der Waals surface area contributed by atoms with E-state index < -0.39 is 5.82 Å². The van der Waals surface area contributed by atoms with Crippen molar-refractivity contribution in [2.24, 2.45) is 5.73 Å². The van der Waals surface area contributed by atoms with E-state index in [1.807, 2.05) is 4.90 Å². The number of benzene rings is 1. The van der Waals surface area contributed by atoms with E-state index in [0.717, 1.165) is 25.9 Å². The van der Waals surface area contributed by atoms with Crippen LogP contribution in [0, 0.1) is 5.82 Å². The molecule has 21 heavy (non-hydrogen) atoms. The molecule has 0 aromatic heterocycles. The second-order valence-electron chi connectivity index (χ2n) is 5.18. The summed E-state index contributed by atoms with van der Waals surface area (Å²) in [6, 6.07) is 4.56. The highest BCUT2D eigenvalue weighted by atomic mass is 32.1. The number of likely N-dealkylation sites (tertiary alicyclic amines) is 1. The molecule has 3 N–H and O–H groups in total. The number of carbonyl (C=O) groups is 1. The van der Waals surface area contributed by atoms with Crippen molar-refractivity contribution in [2.45, 2.75) is 25.7 Å². The smallest absolute Gasteiger partial charge is 0.224 e. The zero-order chi connectivity index (χ0) is 15.2. The Morgan fingerprint density at radius 1 is 1.33 bits per heavy atom. The zero-order valence-electron chi connectivity index (χ0n) is 11.9. The Kier molecular flexibility index (Phi) is 5.50. The van der Waals surface area contributed by atoms with Crippen LogP contribution in [0.25, 0.3) is 0 Å². The minimum Gasteiger partial charge on any atom is -0.389 e. The Labute approximate surface area is 129 Å². The fourth-order valence-electron chi connectivity index (χ4n) is 2.42. The Morgan fingerprint density at radius 3 is 2.67 bits per heavy atom. The lowest BCUT2D eigenvalue weighted by Gasteiger charge is -2.26. The van der Waals surface area contributed by atoms with Crippen molar-refractivity contribution in [2.75, 3.05) is 25.0 Å². The summed E-state index contributed by atoms with van der Waals surface area (Å²) in [6.45, 7) is 2.10. The van der Waals surface area contributed by atoms with Crippen molar-refractivity contribution in [1.82, 2.24) is 4.90 Å². The molecule has 0 aliphatic carbocycles. The lowest BCUT2D eigenvalue weighted by Crippen LogP contribution is -2.36. The molecule has 1 fully saturated rings. The van der Waals surface area contributed by atoms with E-state index in [2.05, 4.69) is 5.32 Å². The molecule has 4 nitrogen and oxygen atoms in total. The minimum atomic E-state index is -0.411. The first kappa shape index (κ1) is 15.7. The third kappa shape index (κ3) is 4.39. The van der Waals surface area contributed by atoms with Gasteiger partial charge in [-0.25, -0.2) is 4.39 Å². The number of nitrogens with zero attached hydrogens (tertiary/aromatic N) is 1. The van der Waals surface area contributed by atoms with Gasteiger partial charge in [-0.3, -0.25) is 4.79 Å². The van der Waals surface area contributed by atoms with Gasteiger partial charge in [-0.1, -0.05) is 12.2 Å². The van der Waals surface area contributed by atoms with Crippen LogP contribution >= 0.6 is 12.2 Å². The number of nitrogens with one attached hydrogen (secondary N) is 1. The number of rotatable bonds is 5. The summed E-state index contributed by atoms with van der Waals surface area (Å²) in [6.07, 6.45) is 3.72. The van der Waals surface area contributed by atoms with Crippen LogP contribution in [0.3, 0.4) is 0 Å². The molecular weight excluding hydrogens is 289 g/mol. The predicted octanol–water partition coefficient (Wildman–Crippen LogP) is 2.27. The fraction of sp³-hybridized carbons (Fsp3) is 0.467. The van der Waals surface area contributed by atoms with E-state index in [1.54, 1.807) is 12.1 Å². The topological polar surface area (TPSA) is 58.4 Å². The second kappa shape index (κ2) is 7.36. The Morgan fingerprint density at radius 2 is 2.05 bits per heavy atom. The molecule has 0 bridgehead atoms. The molecule has 1 aromatic rings. The number of piperidine rings is 1. The molecule has 1 heterocycles. The van der Waals surface area contributed by atoms with Crippen LogP contribution in [0.15, 0.2) is 18.2 Å². The maximum atomic E-state index is 13.8. The Hall–Kier alpha value is -1.69. The van der Waals surface area contributed by atoms with Crippen molar-refractivity contribution in [3.8, 4) is 0 Å². The summed E-state index contributed by atoms with van der Waals surface area (Å²) in [5.41, 5.74) is 6.31. The van der Waals surface area contributed by atoms with Crippen LogP contribution in [-0.2, 0) is 4.79 Å². The number of hydrogen-bond acceptors (Lipinski definition) is 3. The molecule has 6 heteroatoms. The molecule has 1 amide bonds. The average molecular weight is 309 g/mol. The molecule has 0 unspecified atom stereocenters. The first-order valence-corrected chi connectivity index (χ1v) is 7.60. The quantitative estimate of drug-likeness (QED) is 0.819. The number of hydrogen-bond donors (Lipinski definition) is 2. The monoisotopic (exact) mass is 309 g/mol. The highest BCUT2D eigenvalue weighted by Crippen LogP contribution is 2.16. The lowest BCUT2D eigenvalue weighted by atomic mass is 10.1. The van der Waals surface area contributed by atoms with E-state index in [4.69, 9.17) is 18.0 Å². The van der Waals surface area contributed by atoms with Gasteiger partial charge in [0.1, 0.15) is 10.8 Å². The van der Waals surface area contributed by atoms with Crippen molar-refractivity contribution < 1.29 is 9.18 Å². The summed E-state index contributed by atoms with van der Waals surface area (Å²) >= 11 is 4.80. The van der Waals surface area contributed by atoms with E-state index >= 15 is 0 Å². The summed E-state index contributed by atoms with van der Waals surface area (Å²) < 4.78 is 13.8. The number of nitrogens with two attached hydrogens (primary N) is 1. The number of thiocarbonyl (C=S) groups is 1. The normalized spacial score (nSPS) is 14.8. The highest BCUT2D eigenvalue weighted by Gasteiger charge is 2.15. The molecule has 0 spiro atoms. The molecule has 1 aromatic carbocycles. The minimum absolute atomic E-state index is 0.127. The number of anilines is 1. The third-order valence-electron chi connectivity index (χ3n) is 3.62. The van der Waals surface area contributed by atoms with Gasteiger partial charge in [0.2, 0.25) is 5.91 Å². The van der Waals surface area contributed by atoms with Crippen molar-refractivity contribution >= 4 is 28.8 Å². The van der Waals surface area contributed by atoms with Gasteiger partial charge < -0.3 is 16.0 Å². The van der Waals surface area contributed by atoms with Crippen molar-refractivity contribution in [3.63, 3.8) is 0 Å². The first-order chi connectivity index (χ1) is 10.1. The van der Waals surface area contributed by atoms with Crippen LogP contribution < -0.4 is 11.1 Å². The van der Waals surface area contributed by atoms with Gasteiger partial charge >= 0.3 is 0 Å². The summed E-state index contributed by atoms with van der Waals surface area (Å²) in [5, 5.41) is 2.94. The molecule has 1 aliphatic rings. The summed E-state index contributed by atoms with van der Waals surface area (Å²) in [4.78, 5) is 14.0. The fourth-order valence-corrected chi connectivity index (χ4v) is 2.54. The van der Waals surface area contributed by atoms with E-state index in [-0.39, 0.29) is 10.9 Å². The SMILES string of the molecule is NC(=S)c1ccc(NCCC(=O)N2CCCCC2)c(F)c1. The number of carbonyl (C=O) groups excluding carboxylic acids is 1. The third-order valence-corrected chi connectivity index (χ3v) is 3.85. The van der Waals surface area contributed by atoms with Gasteiger partial charge in [0.25, 0.3) is 0 Å². The average Bonchev–Trinajstić information content (AvgIpc) is 2.49. The van der Waals surface area contributed by atoms with Gasteiger partial charge in [0.15, 0.2) is 0 Å². The van der Waals surface area contributed by atoms with Crippen LogP contribution in [0.1, 0.15) is 31.2 Å². The molecule has 0 atom stereocenters. The van der Waals surface area contributed by atoms with Gasteiger partial charge in [-0.05, 0) is 37.5 Å². The Balaban J connectivity index is 1.83. The van der Waals surface area contributed by atoms with E-state index in [1.165, 1.54) is 12.5 Å².